The number of benzene rings is 2. The number of anilines is 1. The molecule has 2 aromatic carbocycles. The molecule has 1 aliphatic carbocycles. The van der Waals surface area contributed by atoms with Crippen LogP contribution in [0.3, 0.4) is 0 Å². The van der Waals surface area contributed by atoms with Crippen LogP contribution in [0.2, 0.25) is 0 Å². The third-order valence-electron chi connectivity index (χ3n) is 6.55. The Labute approximate surface area is 216 Å². The summed E-state index contributed by atoms with van der Waals surface area (Å²) in [5, 5.41) is 15.1. The van der Waals surface area contributed by atoms with Crippen LogP contribution in [0, 0.1) is 6.92 Å². The number of hydrogen-bond acceptors (Lipinski definition) is 5. The topological polar surface area (TPSA) is 95.2 Å². The first-order valence-electron chi connectivity index (χ1n) is 12.5. The summed E-state index contributed by atoms with van der Waals surface area (Å²) in [6.07, 6.45) is 7.24. The van der Waals surface area contributed by atoms with Gasteiger partial charge < -0.3 is 14.8 Å². The van der Waals surface area contributed by atoms with Crippen molar-refractivity contribution in [3.05, 3.63) is 77.6 Å². The fraction of sp³-hybridized carbons (Fsp3) is 0.321. The second kappa shape index (κ2) is 10.9. The third-order valence-corrected chi connectivity index (χ3v) is 6.55. The highest BCUT2D eigenvalue weighted by molar-refractivity contribution is 5.90. The first-order valence-corrected chi connectivity index (χ1v) is 12.5. The molecule has 0 unspecified atom stereocenters. The van der Waals surface area contributed by atoms with Crippen LogP contribution in [0.25, 0.3) is 16.9 Å². The van der Waals surface area contributed by atoms with Gasteiger partial charge >= 0.3 is 6.03 Å². The third kappa shape index (κ3) is 5.51. The van der Waals surface area contributed by atoms with E-state index in [1.54, 1.807) is 22.7 Å². The number of carbonyl (C=O) groups is 1. The molecule has 4 aromatic rings. The van der Waals surface area contributed by atoms with Crippen molar-refractivity contribution in [2.24, 2.45) is 7.05 Å². The quantitative estimate of drug-likeness (QED) is 0.338. The second-order valence-corrected chi connectivity index (χ2v) is 9.33. The maximum Gasteiger partial charge on any atom is 0.320 e. The Morgan fingerprint density at radius 1 is 1.16 bits per heavy atom. The minimum Gasteiger partial charge on any atom is -0.490 e. The van der Waals surface area contributed by atoms with Gasteiger partial charge in [-0.2, -0.15) is 10.2 Å². The van der Waals surface area contributed by atoms with Crippen LogP contribution in [-0.2, 0) is 24.9 Å². The van der Waals surface area contributed by atoms with Crippen LogP contribution in [0.5, 0.6) is 5.75 Å². The maximum atomic E-state index is 13.1. The number of hydrogen-bond donors (Lipinski definition) is 2. The molecule has 5 rings (SSSR count). The summed E-state index contributed by atoms with van der Waals surface area (Å²) in [6.45, 7) is 2.76. The van der Waals surface area contributed by atoms with Gasteiger partial charge in [-0.05, 0) is 56.0 Å². The highest BCUT2D eigenvalue weighted by Crippen LogP contribution is 2.31. The molecule has 0 radical (unpaired) electrons. The Hall–Kier alpha value is -4.11. The molecule has 2 N–H and O–H groups in total. The normalized spacial score (nSPS) is 13.3. The van der Waals surface area contributed by atoms with Crippen molar-refractivity contribution in [2.75, 3.05) is 12.4 Å². The summed E-state index contributed by atoms with van der Waals surface area (Å²) in [5.74, 6) is 1.40. The van der Waals surface area contributed by atoms with Gasteiger partial charge in [0, 0.05) is 43.6 Å². The number of carbonyl (C=O) groups excluding carboxylic acids is 1. The Morgan fingerprint density at radius 2 is 1.97 bits per heavy atom. The van der Waals surface area contributed by atoms with Gasteiger partial charge in [-0.25, -0.2) is 9.48 Å². The number of amides is 2. The van der Waals surface area contributed by atoms with Crippen molar-refractivity contribution in [3.63, 3.8) is 0 Å². The van der Waals surface area contributed by atoms with E-state index in [0.29, 0.717) is 19.0 Å². The van der Waals surface area contributed by atoms with E-state index in [1.807, 2.05) is 68.7 Å². The predicted molar refractivity (Wildman–Crippen MR) is 142 cm³/mol. The first kappa shape index (κ1) is 24.6. The maximum absolute atomic E-state index is 13.1. The van der Waals surface area contributed by atoms with Gasteiger partial charge in [0.2, 0.25) is 0 Å². The SMILES string of the molecule is COCc1ccc(OC2CCC2)c(CNC(=O)Nc2c(C)c(-c3cnn(C)c3)nn2-c2ccccc2)c1. The van der Waals surface area contributed by atoms with E-state index in [0.717, 1.165) is 52.2 Å². The number of urea groups is 1. The molecule has 1 fully saturated rings. The molecule has 192 valence electrons. The number of nitrogens with one attached hydrogen (secondary N) is 2. The minimum atomic E-state index is -0.329. The van der Waals surface area contributed by atoms with Gasteiger partial charge in [0.25, 0.3) is 0 Å². The van der Waals surface area contributed by atoms with Gasteiger partial charge in [-0.1, -0.05) is 24.3 Å². The number of nitrogens with zero attached hydrogens (tertiary/aromatic N) is 4. The van der Waals surface area contributed by atoms with Crippen LogP contribution >= 0.6 is 0 Å². The zero-order valence-electron chi connectivity index (χ0n) is 21.4. The molecule has 2 amide bonds. The molecule has 2 aromatic heterocycles. The van der Waals surface area contributed by atoms with Crippen molar-refractivity contribution in [3.8, 4) is 22.7 Å². The number of aryl methyl sites for hydroxylation is 1. The summed E-state index contributed by atoms with van der Waals surface area (Å²) >= 11 is 0. The summed E-state index contributed by atoms with van der Waals surface area (Å²) in [6, 6.07) is 15.4. The van der Waals surface area contributed by atoms with E-state index in [2.05, 4.69) is 15.7 Å². The average Bonchev–Trinajstić information content (AvgIpc) is 3.44. The van der Waals surface area contributed by atoms with Crippen LogP contribution < -0.4 is 15.4 Å². The predicted octanol–water partition coefficient (Wildman–Crippen LogP) is 4.98. The molecule has 0 saturated heterocycles. The van der Waals surface area contributed by atoms with Gasteiger partial charge in [-0.3, -0.25) is 10.00 Å². The van der Waals surface area contributed by atoms with Gasteiger partial charge in [0.15, 0.2) is 0 Å². The van der Waals surface area contributed by atoms with Crippen molar-refractivity contribution >= 4 is 11.8 Å². The zero-order valence-corrected chi connectivity index (χ0v) is 21.4. The Kier molecular flexibility index (Phi) is 7.23. The highest BCUT2D eigenvalue weighted by Gasteiger charge is 2.22. The van der Waals surface area contributed by atoms with E-state index < -0.39 is 0 Å². The molecule has 2 heterocycles. The zero-order chi connectivity index (χ0) is 25.8. The van der Waals surface area contributed by atoms with Gasteiger partial charge in [0.1, 0.15) is 17.3 Å². The lowest BCUT2D eigenvalue weighted by atomic mass is 9.96. The molecule has 0 atom stereocenters. The number of ether oxygens (including phenoxy) is 2. The molecular formula is C28H32N6O3. The van der Waals surface area contributed by atoms with Crippen molar-refractivity contribution in [2.45, 2.75) is 45.4 Å². The molecule has 1 aliphatic rings. The van der Waals surface area contributed by atoms with Crippen molar-refractivity contribution in [1.29, 1.82) is 0 Å². The first-order chi connectivity index (χ1) is 18.0. The monoisotopic (exact) mass is 500 g/mol. The molecule has 1 saturated carbocycles. The molecule has 0 bridgehead atoms. The lowest BCUT2D eigenvalue weighted by Crippen LogP contribution is -2.30. The summed E-state index contributed by atoms with van der Waals surface area (Å²) in [4.78, 5) is 13.1. The van der Waals surface area contributed by atoms with E-state index in [-0.39, 0.29) is 12.1 Å². The number of rotatable bonds is 9. The largest absolute Gasteiger partial charge is 0.490 e. The fourth-order valence-corrected chi connectivity index (χ4v) is 4.35. The lowest BCUT2D eigenvalue weighted by Gasteiger charge is -2.27. The van der Waals surface area contributed by atoms with E-state index >= 15 is 0 Å². The molecule has 9 nitrogen and oxygen atoms in total. The second-order valence-electron chi connectivity index (χ2n) is 9.33. The van der Waals surface area contributed by atoms with Crippen molar-refractivity contribution < 1.29 is 14.3 Å². The van der Waals surface area contributed by atoms with Crippen LogP contribution in [0.15, 0.2) is 60.9 Å². The van der Waals surface area contributed by atoms with Gasteiger partial charge in [0.05, 0.1) is 24.6 Å². The average molecular weight is 501 g/mol. The number of para-hydroxylation sites is 1. The van der Waals surface area contributed by atoms with Gasteiger partial charge in [-0.15, -0.1) is 0 Å². The van der Waals surface area contributed by atoms with Crippen molar-refractivity contribution in [1.82, 2.24) is 24.9 Å². The highest BCUT2D eigenvalue weighted by atomic mass is 16.5. The lowest BCUT2D eigenvalue weighted by molar-refractivity contribution is 0.119. The van der Waals surface area contributed by atoms with E-state index in [4.69, 9.17) is 14.6 Å². The number of methoxy groups -OCH3 is 1. The Balaban J connectivity index is 1.37. The standard InChI is InChI=1S/C28H32N6O3/c1-19-26(22-16-30-33(2)17-22)32-34(23-8-5-4-6-9-23)27(19)31-28(35)29-15-21-14-20(18-36-3)12-13-25(21)37-24-10-7-11-24/h4-6,8-9,12-14,16-17,24H,7,10-11,15,18H2,1-3H3,(H2,29,31,35). The van der Waals surface area contributed by atoms with E-state index in [9.17, 15) is 4.79 Å². The molecule has 9 heteroatoms. The Bertz CT molecular complexity index is 1370. The van der Waals surface area contributed by atoms with Crippen LogP contribution in [0.1, 0.15) is 36.0 Å². The number of aromatic nitrogens is 4. The molecule has 0 aliphatic heterocycles. The summed E-state index contributed by atoms with van der Waals surface area (Å²) in [7, 11) is 3.53. The van der Waals surface area contributed by atoms with Crippen LogP contribution in [0.4, 0.5) is 10.6 Å². The van der Waals surface area contributed by atoms with E-state index in [1.165, 1.54) is 6.42 Å². The molecular weight excluding hydrogens is 468 g/mol. The minimum absolute atomic E-state index is 0.245. The van der Waals surface area contributed by atoms with Crippen LogP contribution in [-0.4, -0.2) is 38.8 Å². The fourth-order valence-electron chi connectivity index (χ4n) is 4.35. The summed E-state index contributed by atoms with van der Waals surface area (Å²) in [5.41, 5.74) is 5.28. The molecule has 0 spiro atoms. The smallest absolute Gasteiger partial charge is 0.320 e. The summed E-state index contributed by atoms with van der Waals surface area (Å²) < 4.78 is 15.0. The Morgan fingerprint density at radius 3 is 2.65 bits per heavy atom. The molecule has 37 heavy (non-hydrogen) atoms.